The number of ketones is 1. The Hall–Kier alpha value is -6.06. The first-order valence-electron chi connectivity index (χ1n) is 38.3. The maximum atomic E-state index is 14.2. The summed E-state index contributed by atoms with van der Waals surface area (Å²) in [6.07, 6.45) is 21.4. The number of ether oxygens (including phenoxy) is 3. The predicted octanol–water partition coefficient (Wildman–Crippen LogP) is 16.0. The number of carbonyl (C=O) groups excluding carboxylic acids is 4. The number of halogens is 5. The van der Waals surface area contributed by atoms with Gasteiger partial charge in [-0.2, -0.15) is 0 Å². The third-order valence-corrected chi connectivity index (χ3v) is 21.3. The Morgan fingerprint density at radius 3 is 1.08 bits per heavy atom. The monoisotopic (exact) mass is 1700 g/mol. The molecule has 3 heterocycles. The molecule has 0 spiro atoms. The molecule has 0 bridgehead atoms. The van der Waals surface area contributed by atoms with Crippen LogP contribution in [0.2, 0.25) is 0 Å². The van der Waals surface area contributed by atoms with Gasteiger partial charge in [-0.25, -0.2) is 8.78 Å². The zero-order valence-corrected chi connectivity index (χ0v) is 74.2. The minimum absolute atomic E-state index is 0. The Morgan fingerprint density at radius 1 is 0.455 bits per heavy atom. The predicted molar refractivity (Wildman–Crippen MR) is 443 cm³/mol. The average Bonchev–Trinajstić information content (AvgIpc) is 1.42. The third kappa shape index (κ3) is 32.4. The van der Waals surface area contributed by atoms with E-state index in [0.29, 0.717) is 24.2 Å². The summed E-state index contributed by atoms with van der Waals surface area (Å²) in [4.78, 5) is 59.9. The van der Waals surface area contributed by atoms with E-state index in [9.17, 15) is 32.8 Å². The fourth-order valence-electron chi connectivity index (χ4n) is 14.2. The number of esters is 3. The number of hydrogen-bond donors (Lipinski definition) is 2. The number of fused-ring (bicyclic) bond motifs is 5. The van der Waals surface area contributed by atoms with Crippen LogP contribution in [0.4, 0.5) is 20.2 Å². The Labute approximate surface area is 698 Å². The van der Waals surface area contributed by atoms with Gasteiger partial charge in [0.25, 0.3) is 0 Å². The van der Waals surface area contributed by atoms with Crippen LogP contribution >= 0.6 is 42.0 Å². The molecule has 590 valence electrons. The number of aryl methyl sites for hydroxylation is 6. The van der Waals surface area contributed by atoms with E-state index in [0.717, 1.165) is 113 Å². The molecule has 0 fully saturated rings. The van der Waals surface area contributed by atoms with E-state index in [1.807, 2.05) is 52.8 Å². The standard InChI is InChI=1S/C22H26FNO2.C21H24FNO2.C16H22O2.C15H21NO2.C11H13Br.C5H9O.BrH.ClH.Li.H2O.Zn/c1-15-4-7-20(23)21(12-15)24-10-8-18-6-5-17(14-19(18)9-11-24)13-16(2)22(25)26-3;1-14-3-6-19(22)20(11-14)23-9-7-17-5-4-16(12-15(2)21(24)25)13-18(17)8-10-23;1-12(16(17)18-2)10-13-8-9-14-6-4-3-5-7-15(14)11-13;1-11(15(17)18-2)9-12-3-4-13-5-7-16-8-6-14(13)10-12;12-11-7-6-9-4-2-1-3-5-10(9)8-11;1-4(2)5(3)6;;;;;/h4-7,12,14,16H,8-11,13H2,1-3H3;3-6,11,13,15H,7-10,12H2,1-2H3,(H,24,25);8-9,11-12H,3-7,10H2,1-2H3;3-4,10-11,16H,5-9H2,1-2H3;6-8H,1-5H2;4H,1H2,2-3H3;2*1H;;1H2;/q;;;;;-1;;;+1;;+2/p-2/t16-;15-;12-;11-;;4-;;;;;/m1111.0...../s1. The molecule has 20 heteroatoms. The molecule has 7 aromatic carbocycles. The first-order chi connectivity index (χ1) is 51.3. The first kappa shape index (κ1) is 98.1. The average molecular weight is 1710 g/mol. The van der Waals surface area contributed by atoms with Crippen molar-refractivity contribution in [3.8, 4) is 0 Å². The number of methoxy groups -OCH3 is 3. The van der Waals surface area contributed by atoms with Crippen molar-refractivity contribution >= 4 is 83.0 Å². The van der Waals surface area contributed by atoms with Gasteiger partial charge in [-0.1, -0.05) is 154 Å². The topological polar surface area (TPSA) is 182 Å². The molecular weight excluding hydrogens is 1590 g/mol. The van der Waals surface area contributed by atoms with Crippen LogP contribution < -0.4 is 34.0 Å². The zero-order chi connectivity index (χ0) is 78.1. The van der Waals surface area contributed by atoms with Gasteiger partial charge in [-0.15, -0.1) is 18.3 Å². The van der Waals surface area contributed by atoms with Crippen LogP contribution in [0, 0.1) is 62.0 Å². The Balaban J connectivity index is 0.000000351. The van der Waals surface area contributed by atoms with Crippen LogP contribution in [-0.2, 0) is 144 Å². The van der Waals surface area contributed by atoms with Gasteiger partial charge < -0.3 is 51.6 Å². The summed E-state index contributed by atoms with van der Waals surface area (Å²) in [6, 6.07) is 43.3. The van der Waals surface area contributed by atoms with Crippen molar-refractivity contribution in [3.05, 3.63) is 239 Å². The number of carboxylic acids is 1. The molecule has 110 heavy (non-hydrogen) atoms. The van der Waals surface area contributed by atoms with Gasteiger partial charge in [-0.05, 0) is 275 Å². The van der Waals surface area contributed by atoms with Crippen LogP contribution in [-0.4, -0.2) is 101 Å². The number of carbonyl (C=O) groups is 5. The number of Topliss-reactive ketones (excluding diaryl/α,β-unsaturated/α-hetero) is 1. The van der Waals surface area contributed by atoms with E-state index >= 15 is 0 Å². The van der Waals surface area contributed by atoms with E-state index < -0.39 is 5.97 Å². The van der Waals surface area contributed by atoms with Crippen molar-refractivity contribution in [3.63, 3.8) is 0 Å². The van der Waals surface area contributed by atoms with Crippen molar-refractivity contribution in [2.75, 3.05) is 70.4 Å². The number of nitrogens with zero attached hydrogens (tertiary/aromatic N) is 2. The van der Waals surface area contributed by atoms with E-state index in [1.54, 1.807) is 43.2 Å². The van der Waals surface area contributed by atoms with Crippen LogP contribution in [0.3, 0.4) is 0 Å². The van der Waals surface area contributed by atoms with Gasteiger partial charge in [0.15, 0.2) is 0 Å². The summed E-state index contributed by atoms with van der Waals surface area (Å²) < 4.78 is 44.0. The van der Waals surface area contributed by atoms with Gasteiger partial charge in [-0.3, -0.25) is 19.2 Å². The molecule has 0 aromatic heterocycles. The van der Waals surface area contributed by atoms with Gasteiger partial charge in [0.1, 0.15) is 17.4 Å². The molecule has 0 amide bonds. The molecular formula is C90H117Br2ClF2LiN3O10Zn. The van der Waals surface area contributed by atoms with Crippen molar-refractivity contribution in [1.82, 2.24) is 5.32 Å². The summed E-state index contributed by atoms with van der Waals surface area (Å²) in [5, 5.41) is 12.5. The number of carboxylic acid groups (broad SMARTS) is 1. The Bertz CT molecular complexity index is 3950. The molecule has 13 nitrogen and oxygen atoms in total. The van der Waals surface area contributed by atoms with E-state index in [2.05, 4.69) is 137 Å². The molecule has 7 aromatic rings. The van der Waals surface area contributed by atoms with Crippen LogP contribution in [0.25, 0.3) is 0 Å². The van der Waals surface area contributed by atoms with E-state index in [4.69, 9.17) is 19.3 Å². The van der Waals surface area contributed by atoms with Gasteiger partial charge >= 0.3 is 72.7 Å². The number of hydrogen-bond acceptors (Lipinski definition) is 12. The Kier molecular flexibility index (Phi) is 46.1. The van der Waals surface area contributed by atoms with Crippen molar-refractivity contribution < 1.29 is 92.7 Å². The number of anilines is 2. The number of benzene rings is 7. The molecule has 5 atom stereocenters. The molecule has 5 aliphatic rings. The third-order valence-electron chi connectivity index (χ3n) is 20.8. The number of nitrogens with one attached hydrogen (secondary N) is 1. The minimum atomic E-state index is -0.768. The molecule has 0 saturated carbocycles. The molecule has 3 aliphatic heterocycles. The second-order valence-electron chi connectivity index (χ2n) is 29.4. The zero-order valence-electron chi connectivity index (χ0n) is 67.3. The van der Waals surface area contributed by atoms with Crippen molar-refractivity contribution in [2.24, 2.45) is 29.6 Å². The van der Waals surface area contributed by atoms with Crippen molar-refractivity contribution in [1.29, 1.82) is 0 Å². The second-order valence-corrected chi connectivity index (χ2v) is 30.3. The summed E-state index contributed by atoms with van der Waals surface area (Å²) in [6.45, 7) is 23.5. The quantitative estimate of drug-likeness (QED) is 0.0326. The van der Waals surface area contributed by atoms with Gasteiger partial charge in [0.05, 0.1) is 56.4 Å². The van der Waals surface area contributed by atoms with Crippen LogP contribution in [0.15, 0.2) is 132 Å². The van der Waals surface area contributed by atoms with Crippen LogP contribution in [0.1, 0.15) is 169 Å². The number of aliphatic carboxylic acids is 1. The number of rotatable bonds is 15. The van der Waals surface area contributed by atoms with Gasteiger partial charge in [0.2, 0.25) is 0 Å². The molecule has 3 N–H and O–H groups in total. The van der Waals surface area contributed by atoms with Gasteiger partial charge in [0, 0.05) is 30.7 Å². The molecule has 0 saturated heterocycles. The summed E-state index contributed by atoms with van der Waals surface area (Å²) >= 11 is 7.77. The van der Waals surface area contributed by atoms with Crippen molar-refractivity contribution in [2.45, 2.75) is 184 Å². The van der Waals surface area contributed by atoms with E-state index in [1.165, 1.54) is 175 Å². The fourth-order valence-corrected chi connectivity index (χ4v) is 14.6. The SMILES string of the molecule is Brc1ccc2c(c1)CCCCC2.COC(=O)[C@H](C)Cc1ccc2c(c1)CCCCC2.COC(=O)[C@H](C)Cc1ccc2c(c1)CCN(c1cc(C)ccc1F)CC2.COC(=O)[C@H](C)Cc1ccc2c(c1)CCNCC2.Cc1ccc(F)c(N2CCc3ccc(C[C@@H](C)C(=O)O)cc3CC2)c1.Cl.[CH2-][C@@H](C)C(C)=O.[Li+].[OH-].[Zn+][Br]. The molecule has 2 aliphatic carbocycles. The fraction of sp³-hybridized carbons (Fsp3) is 0.467. The maximum absolute atomic E-state index is 14.2. The summed E-state index contributed by atoms with van der Waals surface area (Å²) in [7, 11) is 4.33. The second kappa shape index (κ2) is 51.6. The summed E-state index contributed by atoms with van der Waals surface area (Å²) in [5.74, 6) is -2.09. The summed E-state index contributed by atoms with van der Waals surface area (Å²) in [5.41, 5.74) is 22.3. The Morgan fingerprint density at radius 2 is 0.736 bits per heavy atom. The normalized spacial score (nSPS) is 15.1. The van der Waals surface area contributed by atoms with Crippen LogP contribution in [0.5, 0.6) is 0 Å². The molecule has 12 rings (SSSR count). The molecule has 0 radical (unpaired) electrons. The first-order valence-corrected chi connectivity index (χ1v) is 46.1. The molecule has 0 unspecified atom stereocenters. The van der Waals surface area contributed by atoms with E-state index in [-0.39, 0.29) is 102 Å².